The Bertz CT molecular complexity index is 411. The molecule has 0 saturated heterocycles. The largest absolute Gasteiger partial charge is 0.481 e. The molecule has 0 aromatic carbocycles. The minimum atomic E-state index is -0.820. The van der Waals surface area contributed by atoms with E-state index in [1.807, 2.05) is 6.92 Å². The fourth-order valence-electron chi connectivity index (χ4n) is 1.40. The van der Waals surface area contributed by atoms with Crippen molar-refractivity contribution in [2.75, 3.05) is 6.54 Å². The molecule has 0 fully saturated rings. The Morgan fingerprint density at radius 3 is 2.84 bits per heavy atom. The second kappa shape index (κ2) is 8.02. The Morgan fingerprint density at radius 2 is 2.21 bits per heavy atom. The molecular formula is C12H18N4O3. The van der Waals surface area contributed by atoms with Crippen molar-refractivity contribution in [1.82, 2.24) is 20.8 Å². The van der Waals surface area contributed by atoms with Crippen LogP contribution in [0, 0.1) is 5.92 Å². The molecule has 0 spiro atoms. The van der Waals surface area contributed by atoms with Gasteiger partial charge in [0, 0.05) is 19.2 Å². The van der Waals surface area contributed by atoms with Gasteiger partial charge in [-0.1, -0.05) is 6.92 Å². The lowest BCUT2D eigenvalue weighted by Gasteiger charge is -2.12. The van der Waals surface area contributed by atoms with E-state index in [2.05, 4.69) is 20.8 Å². The Balaban J connectivity index is 2.16. The number of carboxylic acid groups (broad SMARTS) is 1. The molecule has 0 aliphatic carbocycles. The predicted molar refractivity (Wildman–Crippen MR) is 68.3 cm³/mol. The SMILES string of the molecule is CC(CCC(=O)O)CNC(=O)NCc1cccnn1. The highest BCUT2D eigenvalue weighted by molar-refractivity contribution is 5.73. The summed E-state index contributed by atoms with van der Waals surface area (Å²) in [6, 6.07) is 3.21. The number of hydrogen-bond acceptors (Lipinski definition) is 4. The standard InChI is InChI=1S/C12H18N4O3/c1-9(4-5-11(17)18)7-13-12(19)14-8-10-3-2-6-15-16-10/h2-3,6,9H,4-5,7-8H2,1H3,(H,17,18)(H2,13,14,19). The number of aliphatic carboxylic acids is 1. The average molecular weight is 266 g/mol. The van der Waals surface area contributed by atoms with Gasteiger partial charge >= 0.3 is 12.0 Å². The number of nitrogens with one attached hydrogen (secondary N) is 2. The number of nitrogens with zero attached hydrogens (tertiary/aromatic N) is 2. The van der Waals surface area contributed by atoms with Crippen molar-refractivity contribution < 1.29 is 14.7 Å². The van der Waals surface area contributed by atoms with Crippen LogP contribution in [0.5, 0.6) is 0 Å². The summed E-state index contributed by atoms with van der Waals surface area (Å²) in [6.45, 7) is 2.65. The first-order valence-electron chi connectivity index (χ1n) is 6.08. The molecular weight excluding hydrogens is 248 g/mol. The molecule has 0 saturated carbocycles. The van der Waals surface area contributed by atoms with E-state index >= 15 is 0 Å². The van der Waals surface area contributed by atoms with E-state index in [0.717, 1.165) is 0 Å². The minimum absolute atomic E-state index is 0.115. The molecule has 2 amide bonds. The Kier molecular flexibility index (Phi) is 6.28. The molecule has 7 nitrogen and oxygen atoms in total. The van der Waals surface area contributed by atoms with Gasteiger partial charge in [-0.15, -0.1) is 0 Å². The van der Waals surface area contributed by atoms with Crippen LogP contribution >= 0.6 is 0 Å². The van der Waals surface area contributed by atoms with Gasteiger partial charge in [-0.3, -0.25) is 4.79 Å². The molecule has 19 heavy (non-hydrogen) atoms. The van der Waals surface area contributed by atoms with Gasteiger partial charge in [0.15, 0.2) is 0 Å². The molecule has 1 aromatic rings. The van der Waals surface area contributed by atoms with Crippen molar-refractivity contribution in [2.24, 2.45) is 5.92 Å². The lowest BCUT2D eigenvalue weighted by atomic mass is 10.1. The summed E-state index contributed by atoms with van der Waals surface area (Å²) in [7, 11) is 0. The number of carbonyl (C=O) groups is 2. The average Bonchev–Trinajstić information content (AvgIpc) is 2.41. The first-order valence-corrected chi connectivity index (χ1v) is 6.08. The third-order valence-electron chi connectivity index (χ3n) is 2.52. The third kappa shape index (κ3) is 6.97. The molecule has 1 rings (SSSR count). The quantitative estimate of drug-likeness (QED) is 0.676. The summed E-state index contributed by atoms with van der Waals surface area (Å²) in [5, 5.41) is 21.4. The van der Waals surface area contributed by atoms with Crippen molar-refractivity contribution in [3.8, 4) is 0 Å². The van der Waals surface area contributed by atoms with E-state index in [-0.39, 0.29) is 18.4 Å². The molecule has 1 unspecified atom stereocenters. The maximum Gasteiger partial charge on any atom is 0.315 e. The Labute approximate surface area is 111 Å². The number of aromatic nitrogens is 2. The van der Waals surface area contributed by atoms with Crippen LogP contribution in [0.2, 0.25) is 0 Å². The van der Waals surface area contributed by atoms with E-state index in [1.165, 1.54) is 0 Å². The van der Waals surface area contributed by atoms with Crippen LogP contribution < -0.4 is 10.6 Å². The molecule has 3 N–H and O–H groups in total. The highest BCUT2D eigenvalue weighted by Crippen LogP contribution is 2.03. The third-order valence-corrected chi connectivity index (χ3v) is 2.52. The van der Waals surface area contributed by atoms with Gasteiger partial charge in [0.25, 0.3) is 0 Å². The fraction of sp³-hybridized carbons (Fsp3) is 0.500. The number of carboxylic acids is 1. The zero-order valence-corrected chi connectivity index (χ0v) is 10.8. The van der Waals surface area contributed by atoms with Crippen LogP contribution in [0.25, 0.3) is 0 Å². The molecule has 0 bridgehead atoms. The number of rotatable bonds is 7. The molecule has 0 radical (unpaired) electrons. The molecule has 0 aliphatic heterocycles. The number of carbonyl (C=O) groups excluding carboxylic acids is 1. The van der Waals surface area contributed by atoms with Crippen molar-refractivity contribution in [3.05, 3.63) is 24.0 Å². The zero-order valence-electron chi connectivity index (χ0n) is 10.8. The summed E-state index contributed by atoms with van der Waals surface area (Å²) >= 11 is 0. The van der Waals surface area contributed by atoms with Crippen molar-refractivity contribution in [2.45, 2.75) is 26.3 Å². The predicted octanol–water partition coefficient (Wildman–Crippen LogP) is 0.777. The summed E-state index contributed by atoms with van der Waals surface area (Å²) < 4.78 is 0. The number of urea groups is 1. The van der Waals surface area contributed by atoms with E-state index in [1.54, 1.807) is 18.3 Å². The topological polar surface area (TPSA) is 104 Å². The monoisotopic (exact) mass is 266 g/mol. The smallest absolute Gasteiger partial charge is 0.315 e. The van der Waals surface area contributed by atoms with Crippen molar-refractivity contribution >= 4 is 12.0 Å². The number of hydrogen-bond donors (Lipinski definition) is 3. The first-order chi connectivity index (χ1) is 9.08. The van der Waals surface area contributed by atoms with Crippen LogP contribution in [0.1, 0.15) is 25.5 Å². The van der Waals surface area contributed by atoms with Crippen LogP contribution in [-0.2, 0) is 11.3 Å². The van der Waals surface area contributed by atoms with Gasteiger partial charge in [0.1, 0.15) is 0 Å². The molecule has 7 heteroatoms. The second-order valence-electron chi connectivity index (χ2n) is 4.32. The molecule has 1 atom stereocenters. The van der Waals surface area contributed by atoms with Crippen LogP contribution in [0.3, 0.4) is 0 Å². The summed E-state index contributed by atoms with van der Waals surface area (Å²) in [5.41, 5.74) is 0.677. The van der Waals surface area contributed by atoms with Crippen molar-refractivity contribution in [1.29, 1.82) is 0 Å². The molecule has 104 valence electrons. The molecule has 1 heterocycles. The van der Waals surface area contributed by atoms with Crippen molar-refractivity contribution in [3.63, 3.8) is 0 Å². The van der Waals surface area contributed by atoms with Gasteiger partial charge in [-0.05, 0) is 24.5 Å². The molecule has 1 aromatic heterocycles. The van der Waals surface area contributed by atoms with E-state index < -0.39 is 5.97 Å². The van der Waals surface area contributed by atoms with E-state index in [9.17, 15) is 9.59 Å². The summed E-state index contributed by atoms with van der Waals surface area (Å²) in [5.74, 6) is -0.697. The highest BCUT2D eigenvalue weighted by Gasteiger charge is 2.07. The maximum absolute atomic E-state index is 11.5. The zero-order chi connectivity index (χ0) is 14.1. The summed E-state index contributed by atoms with van der Waals surface area (Å²) in [4.78, 5) is 21.9. The Hall–Kier alpha value is -2.18. The van der Waals surface area contributed by atoms with Crippen LogP contribution in [0.15, 0.2) is 18.3 Å². The second-order valence-corrected chi connectivity index (χ2v) is 4.32. The normalized spacial score (nSPS) is 11.6. The van der Waals surface area contributed by atoms with Gasteiger partial charge in [0.2, 0.25) is 0 Å². The van der Waals surface area contributed by atoms with Gasteiger partial charge < -0.3 is 15.7 Å². The van der Waals surface area contributed by atoms with Gasteiger partial charge in [0.05, 0.1) is 12.2 Å². The lowest BCUT2D eigenvalue weighted by molar-refractivity contribution is -0.137. The minimum Gasteiger partial charge on any atom is -0.481 e. The maximum atomic E-state index is 11.5. The molecule has 0 aliphatic rings. The first kappa shape index (κ1) is 14.9. The highest BCUT2D eigenvalue weighted by atomic mass is 16.4. The van der Waals surface area contributed by atoms with E-state index in [0.29, 0.717) is 25.2 Å². The van der Waals surface area contributed by atoms with Gasteiger partial charge in [-0.2, -0.15) is 10.2 Å². The summed E-state index contributed by atoms with van der Waals surface area (Å²) in [6.07, 6.45) is 2.22. The van der Waals surface area contributed by atoms with E-state index in [4.69, 9.17) is 5.11 Å². The van der Waals surface area contributed by atoms with Crippen LogP contribution in [-0.4, -0.2) is 33.8 Å². The lowest BCUT2D eigenvalue weighted by Crippen LogP contribution is -2.37. The number of amides is 2. The van der Waals surface area contributed by atoms with Gasteiger partial charge in [-0.25, -0.2) is 4.79 Å². The Morgan fingerprint density at radius 1 is 1.42 bits per heavy atom. The fourth-order valence-corrected chi connectivity index (χ4v) is 1.40. The van der Waals surface area contributed by atoms with Crippen LogP contribution in [0.4, 0.5) is 4.79 Å².